The zero-order valence-corrected chi connectivity index (χ0v) is 12.4. The summed E-state index contributed by atoms with van der Waals surface area (Å²) >= 11 is 7.21. The number of likely N-dealkylation sites (N-methyl/N-ethyl adjacent to an activating group) is 1. The quantitative estimate of drug-likeness (QED) is 0.918. The summed E-state index contributed by atoms with van der Waals surface area (Å²) in [5.41, 5.74) is 1.93. The molecule has 1 N–H and O–H groups in total. The summed E-state index contributed by atoms with van der Waals surface area (Å²) in [6.07, 6.45) is 0.735. The van der Waals surface area contributed by atoms with Crippen molar-refractivity contribution in [3.63, 3.8) is 0 Å². The molecule has 0 fully saturated rings. The SMILES string of the molecule is CCNC(Cc1ccc(F)c(Cl)c1)c1snnc1C. The maximum atomic E-state index is 13.2. The first-order valence-corrected chi connectivity index (χ1v) is 7.23. The molecule has 1 atom stereocenters. The molecule has 0 aliphatic heterocycles. The minimum absolute atomic E-state index is 0.131. The van der Waals surface area contributed by atoms with Gasteiger partial charge in [0.25, 0.3) is 0 Å². The molecule has 0 saturated carbocycles. The number of rotatable bonds is 5. The number of nitrogens with one attached hydrogen (secondary N) is 1. The Bertz CT molecular complexity index is 559. The van der Waals surface area contributed by atoms with Gasteiger partial charge >= 0.3 is 0 Å². The smallest absolute Gasteiger partial charge is 0.141 e. The topological polar surface area (TPSA) is 37.8 Å². The minimum atomic E-state index is -0.388. The van der Waals surface area contributed by atoms with Crippen LogP contribution in [-0.2, 0) is 6.42 Å². The van der Waals surface area contributed by atoms with Gasteiger partial charge in [-0.3, -0.25) is 0 Å². The molecule has 2 aromatic rings. The zero-order chi connectivity index (χ0) is 13.8. The molecule has 0 amide bonds. The number of aromatic nitrogens is 2. The summed E-state index contributed by atoms with van der Waals surface area (Å²) in [6, 6.07) is 4.96. The Morgan fingerprint density at radius 3 is 2.84 bits per heavy atom. The summed E-state index contributed by atoms with van der Waals surface area (Å²) in [6.45, 7) is 4.84. The van der Waals surface area contributed by atoms with Crippen LogP contribution in [0.5, 0.6) is 0 Å². The van der Waals surface area contributed by atoms with Gasteiger partial charge in [0.2, 0.25) is 0 Å². The number of hydrogen-bond donors (Lipinski definition) is 1. The van der Waals surface area contributed by atoms with E-state index >= 15 is 0 Å². The highest BCUT2D eigenvalue weighted by atomic mass is 35.5. The predicted molar refractivity (Wildman–Crippen MR) is 76.2 cm³/mol. The highest BCUT2D eigenvalue weighted by Gasteiger charge is 2.17. The number of benzene rings is 1. The van der Waals surface area contributed by atoms with Crippen molar-refractivity contribution in [1.82, 2.24) is 14.9 Å². The Kier molecular flexibility index (Phi) is 4.85. The van der Waals surface area contributed by atoms with Crippen molar-refractivity contribution in [3.05, 3.63) is 45.2 Å². The first-order valence-electron chi connectivity index (χ1n) is 6.08. The van der Waals surface area contributed by atoms with Crippen LogP contribution in [0.1, 0.15) is 29.1 Å². The molecule has 0 bridgehead atoms. The van der Waals surface area contributed by atoms with Crippen LogP contribution >= 0.6 is 23.1 Å². The average Bonchev–Trinajstić information content (AvgIpc) is 2.79. The maximum Gasteiger partial charge on any atom is 0.141 e. The van der Waals surface area contributed by atoms with E-state index in [1.165, 1.54) is 17.6 Å². The van der Waals surface area contributed by atoms with Gasteiger partial charge in [0.05, 0.1) is 15.6 Å². The van der Waals surface area contributed by atoms with Crippen LogP contribution in [0.3, 0.4) is 0 Å². The maximum absolute atomic E-state index is 13.2. The van der Waals surface area contributed by atoms with Crippen LogP contribution < -0.4 is 5.32 Å². The molecule has 19 heavy (non-hydrogen) atoms. The van der Waals surface area contributed by atoms with Crippen molar-refractivity contribution in [2.45, 2.75) is 26.3 Å². The summed E-state index contributed by atoms with van der Waals surface area (Å²) in [7, 11) is 0. The summed E-state index contributed by atoms with van der Waals surface area (Å²) in [5, 5.41) is 7.60. The normalized spacial score (nSPS) is 12.6. The second kappa shape index (κ2) is 6.41. The van der Waals surface area contributed by atoms with E-state index in [1.807, 2.05) is 6.92 Å². The number of nitrogens with zero attached hydrogens (tertiary/aromatic N) is 2. The highest BCUT2D eigenvalue weighted by Crippen LogP contribution is 2.25. The van der Waals surface area contributed by atoms with E-state index < -0.39 is 0 Å². The number of halogens is 2. The van der Waals surface area contributed by atoms with Crippen molar-refractivity contribution in [2.24, 2.45) is 0 Å². The van der Waals surface area contributed by atoms with Gasteiger partial charge in [-0.1, -0.05) is 29.1 Å². The third kappa shape index (κ3) is 3.49. The van der Waals surface area contributed by atoms with E-state index in [0.29, 0.717) is 0 Å². The fraction of sp³-hybridized carbons (Fsp3) is 0.385. The van der Waals surface area contributed by atoms with Gasteiger partial charge in [-0.2, -0.15) is 0 Å². The van der Waals surface area contributed by atoms with Crippen LogP contribution in [0, 0.1) is 12.7 Å². The first kappa shape index (κ1) is 14.4. The molecule has 0 saturated heterocycles. The Morgan fingerprint density at radius 2 is 2.26 bits per heavy atom. The van der Waals surface area contributed by atoms with Crippen LogP contribution in [0.2, 0.25) is 5.02 Å². The predicted octanol–water partition coefficient (Wildman–Crippen LogP) is 3.53. The molecular formula is C13H15ClFN3S. The summed E-state index contributed by atoms with van der Waals surface area (Å²) in [4.78, 5) is 1.11. The zero-order valence-electron chi connectivity index (χ0n) is 10.8. The van der Waals surface area contributed by atoms with Gasteiger partial charge in [0, 0.05) is 6.04 Å². The molecule has 1 unspecified atom stereocenters. The molecule has 0 radical (unpaired) electrons. The first-order chi connectivity index (χ1) is 9.11. The van der Waals surface area contributed by atoms with Crippen molar-refractivity contribution in [3.8, 4) is 0 Å². The largest absolute Gasteiger partial charge is 0.309 e. The van der Waals surface area contributed by atoms with E-state index in [1.54, 1.807) is 12.1 Å². The van der Waals surface area contributed by atoms with Gasteiger partial charge in [0.1, 0.15) is 5.82 Å². The second-order valence-corrected chi connectivity index (χ2v) is 5.48. The Balaban J connectivity index is 2.21. The van der Waals surface area contributed by atoms with E-state index in [4.69, 9.17) is 11.6 Å². The van der Waals surface area contributed by atoms with Crippen molar-refractivity contribution >= 4 is 23.1 Å². The molecule has 0 spiro atoms. The van der Waals surface area contributed by atoms with Gasteiger partial charge in [0.15, 0.2) is 0 Å². The third-order valence-corrected chi connectivity index (χ3v) is 4.11. The fourth-order valence-electron chi connectivity index (χ4n) is 1.96. The lowest BCUT2D eigenvalue weighted by molar-refractivity contribution is 0.553. The monoisotopic (exact) mass is 299 g/mol. The van der Waals surface area contributed by atoms with E-state index in [2.05, 4.69) is 21.8 Å². The molecule has 102 valence electrons. The molecule has 1 heterocycles. The van der Waals surface area contributed by atoms with Crippen LogP contribution in [-0.4, -0.2) is 16.1 Å². The lowest BCUT2D eigenvalue weighted by Gasteiger charge is -2.16. The van der Waals surface area contributed by atoms with Crippen LogP contribution in [0.25, 0.3) is 0 Å². The van der Waals surface area contributed by atoms with E-state index in [-0.39, 0.29) is 16.9 Å². The summed E-state index contributed by atoms with van der Waals surface area (Å²) < 4.78 is 17.1. The number of hydrogen-bond acceptors (Lipinski definition) is 4. The molecule has 3 nitrogen and oxygen atoms in total. The standard InChI is InChI=1S/C13H15ClFN3S/c1-3-16-12(13-8(2)17-18-19-13)7-9-4-5-11(15)10(14)6-9/h4-6,12,16H,3,7H2,1-2H3. The molecule has 1 aromatic heterocycles. The Morgan fingerprint density at radius 1 is 1.47 bits per heavy atom. The molecule has 1 aromatic carbocycles. The average molecular weight is 300 g/mol. The van der Waals surface area contributed by atoms with Crippen molar-refractivity contribution in [1.29, 1.82) is 0 Å². The lowest BCUT2D eigenvalue weighted by atomic mass is 10.0. The molecule has 6 heteroatoms. The molecule has 0 aliphatic carbocycles. The van der Waals surface area contributed by atoms with Gasteiger partial charge in [-0.15, -0.1) is 5.10 Å². The van der Waals surface area contributed by atoms with Crippen molar-refractivity contribution < 1.29 is 4.39 Å². The second-order valence-electron chi connectivity index (χ2n) is 4.29. The Hall–Kier alpha value is -1.04. The molecular weight excluding hydrogens is 285 g/mol. The van der Waals surface area contributed by atoms with Gasteiger partial charge in [-0.05, 0) is 49.1 Å². The fourth-order valence-corrected chi connectivity index (χ4v) is 2.88. The van der Waals surface area contributed by atoms with Crippen LogP contribution in [0.4, 0.5) is 4.39 Å². The van der Waals surface area contributed by atoms with Gasteiger partial charge < -0.3 is 5.32 Å². The van der Waals surface area contributed by atoms with Crippen LogP contribution in [0.15, 0.2) is 18.2 Å². The third-order valence-electron chi connectivity index (χ3n) is 2.88. The van der Waals surface area contributed by atoms with E-state index in [0.717, 1.165) is 29.1 Å². The van der Waals surface area contributed by atoms with Crippen molar-refractivity contribution in [2.75, 3.05) is 6.54 Å². The van der Waals surface area contributed by atoms with E-state index in [9.17, 15) is 4.39 Å². The van der Waals surface area contributed by atoms with Gasteiger partial charge in [-0.25, -0.2) is 4.39 Å². The lowest BCUT2D eigenvalue weighted by Crippen LogP contribution is -2.22. The summed E-state index contributed by atoms with van der Waals surface area (Å²) in [5.74, 6) is -0.388. The minimum Gasteiger partial charge on any atom is -0.309 e. The molecule has 2 rings (SSSR count). The Labute approximate surface area is 121 Å². The molecule has 0 aliphatic rings. The number of aryl methyl sites for hydroxylation is 1. The highest BCUT2D eigenvalue weighted by molar-refractivity contribution is 7.05.